The van der Waals surface area contributed by atoms with Crippen molar-refractivity contribution in [1.29, 1.82) is 0 Å². The summed E-state index contributed by atoms with van der Waals surface area (Å²) in [6.45, 7) is 9.11. The van der Waals surface area contributed by atoms with Gasteiger partial charge in [0.2, 0.25) is 11.8 Å². The molecule has 0 aromatic heterocycles. The van der Waals surface area contributed by atoms with E-state index in [0.717, 1.165) is 19.3 Å². The SMILES string of the molecule is CCCCCCCC(=O)N1CCN(C(=O)[C@@H](NC(=O)c2cccc([N+](=O)[O-])c2)C(C)C)C[C@@H]1C. The van der Waals surface area contributed by atoms with Crippen molar-refractivity contribution in [2.45, 2.75) is 78.3 Å². The number of nitro benzene ring substituents is 1. The molecule has 3 amide bonds. The fraction of sp³-hybridized carbons (Fsp3) is 0.640. The van der Waals surface area contributed by atoms with Crippen LogP contribution in [-0.4, -0.2) is 64.2 Å². The lowest BCUT2D eigenvalue weighted by molar-refractivity contribution is -0.384. The summed E-state index contributed by atoms with van der Waals surface area (Å²) >= 11 is 0. The van der Waals surface area contributed by atoms with Crippen LogP contribution in [0.5, 0.6) is 0 Å². The molecule has 0 unspecified atom stereocenters. The molecule has 1 aliphatic rings. The van der Waals surface area contributed by atoms with Gasteiger partial charge in [-0.05, 0) is 25.3 Å². The van der Waals surface area contributed by atoms with Gasteiger partial charge < -0.3 is 15.1 Å². The van der Waals surface area contributed by atoms with Crippen LogP contribution >= 0.6 is 0 Å². The standard InChI is InChI=1S/C25H38N4O5/c1-5-6-7-8-9-13-22(30)28-15-14-27(17-19(28)4)25(32)23(18(2)3)26-24(31)20-11-10-12-21(16-20)29(33)34/h10-12,16,18-19,23H,5-9,13-15,17H2,1-4H3,(H,26,31)/t19-,23-/m0/s1. The van der Waals surface area contributed by atoms with Crippen molar-refractivity contribution in [3.8, 4) is 0 Å². The number of hydrogen-bond donors (Lipinski definition) is 1. The molecule has 0 spiro atoms. The molecular formula is C25H38N4O5. The Balaban J connectivity index is 1.96. The van der Waals surface area contributed by atoms with Gasteiger partial charge in [0.15, 0.2) is 0 Å². The predicted molar refractivity (Wildman–Crippen MR) is 130 cm³/mol. The molecule has 1 aromatic rings. The lowest BCUT2D eigenvalue weighted by Gasteiger charge is -2.41. The first-order valence-electron chi connectivity index (χ1n) is 12.3. The van der Waals surface area contributed by atoms with Crippen molar-refractivity contribution in [2.24, 2.45) is 5.92 Å². The van der Waals surface area contributed by atoms with Crippen molar-refractivity contribution >= 4 is 23.4 Å². The summed E-state index contributed by atoms with van der Waals surface area (Å²) in [7, 11) is 0. The first-order chi connectivity index (χ1) is 16.1. The first-order valence-corrected chi connectivity index (χ1v) is 12.3. The van der Waals surface area contributed by atoms with Gasteiger partial charge in [0.05, 0.1) is 4.92 Å². The Morgan fingerprint density at radius 3 is 2.47 bits per heavy atom. The number of nitrogens with one attached hydrogen (secondary N) is 1. The number of nitrogens with zero attached hydrogens (tertiary/aromatic N) is 3. The highest BCUT2D eigenvalue weighted by molar-refractivity contribution is 5.98. The van der Waals surface area contributed by atoms with Gasteiger partial charge in [-0.3, -0.25) is 24.5 Å². The minimum absolute atomic E-state index is 0.0962. The molecule has 0 radical (unpaired) electrons. The number of carbonyl (C=O) groups is 3. The Morgan fingerprint density at radius 1 is 1.15 bits per heavy atom. The minimum atomic E-state index is -0.764. The Morgan fingerprint density at radius 2 is 1.85 bits per heavy atom. The van der Waals surface area contributed by atoms with Crippen LogP contribution in [0, 0.1) is 16.0 Å². The van der Waals surface area contributed by atoms with E-state index in [4.69, 9.17) is 0 Å². The van der Waals surface area contributed by atoms with Crippen molar-refractivity contribution < 1.29 is 19.3 Å². The molecule has 1 heterocycles. The highest BCUT2D eigenvalue weighted by atomic mass is 16.6. The first kappa shape index (κ1) is 27.3. The second-order valence-corrected chi connectivity index (χ2v) is 9.39. The molecule has 9 heteroatoms. The van der Waals surface area contributed by atoms with Gasteiger partial charge in [-0.2, -0.15) is 0 Å². The van der Waals surface area contributed by atoms with Crippen LogP contribution in [0.4, 0.5) is 5.69 Å². The second kappa shape index (κ2) is 13.1. The highest BCUT2D eigenvalue weighted by Crippen LogP contribution is 2.18. The van der Waals surface area contributed by atoms with E-state index in [0.29, 0.717) is 26.1 Å². The summed E-state index contributed by atoms with van der Waals surface area (Å²) in [6, 6.07) is 4.59. The normalized spacial score (nSPS) is 16.9. The van der Waals surface area contributed by atoms with Crippen LogP contribution in [0.15, 0.2) is 24.3 Å². The maximum atomic E-state index is 13.3. The summed E-state index contributed by atoms with van der Waals surface area (Å²) in [4.78, 5) is 52.7. The van der Waals surface area contributed by atoms with E-state index >= 15 is 0 Å². The molecule has 9 nitrogen and oxygen atoms in total. The second-order valence-electron chi connectivity index (χ2n) is 9.39. The van der Waals surface area contributed by atoms with E-state index in [1.807, 2.05) is 25.7 Å². The van der Waals surface area contributed by atoms with Gasteiger partial charge in [0.25, 0.3) is 11.6 Å². The number of amides is 3. The number of benzene rings is 1. The number of nitro groups is 1. The van der Waals surface area contributed by atoms with E-state index in [1.165, 1.54) is 37.1 Å². The average molecular weight is 475 g/mol. The van der Waals surface area contributed by atoms with Crippen molar-refractivity contribution in [2.75, 3.05) is 19.6 Å². The lowest BCUT2D eigenvalue weighted by Crippen LogP contribution is -2.59. The molecule has 2 rings (SSSR count). The van der Waals surface area contributed by atoms with E-state index in [1.54, 1.807) is 4.90 Å². The van der Waals surface area contributed by atoms with E-state index in [9.17, 15) is 24.5 Å². The molecule has 2 atom stereocenters. The molecule has 0 bridgehead atoms. The Labute approximate surface area is 202 Å². The molecule has 1 saturated heterocycles. The summed E-state index contributed by atoms with van der Waals surface area (Å²) in [5.41, 5.74) is -0.0459. The molecule has 1 N–H and O–H groups in total. The minimum Gasteiger partial charge on any atom is -0.340 e. The lowest BCUT2D eigenvalue weighted by atomic mass is 10.0. The molecule has 1 fully saturated rings. The van der Waals surface area contributed by atoms with Gasteiger partial charge in [0.1, 0.15) is 6.04 Å². The van der Waals surface area contributed by atoms with Crippen LogP contribution in [0.25, 0.3) is 0 Å². The Hall–Kier alpha value is -2.97. The summed E-state index contributed by atoms with van der Waals surface area (Å²) in [6.07, 6.45) is 6.01. The van der Waals surface area contributed by atoms with E-state index < -0.39 is 16.9 Å². The number of piperazine rings is 1. The molecular weight excluding hydrogens is 436 g/mol. The molecule has 1 aromatic carbocycles. The van der Waals surface area contributed by atoms with Crippen LogP contribution in [0.3, 0.4) is 0 Å². The van der Waals surface area contributed by atoms with Crippen LogP contribution in [0.1, 0.15) is 76.6 Å². The third kappa shape index (κ3) is 7.53. The number of non-ortho nitro benzene ring substituents is 1. The van der Waals surface area contributed by atoms with E-state index in [2.05, 4.69) is 12.2 Å². The maximum absolute atomic E-state index is 13.3. The number of unbranched alkanes of at least 4 members (excludes halogenated alkanes) is 4. The Bertz CT molecular complexity index is 873. The van der Waals surface area contributed by atoms with E-state index in [-0.39, 0.29) is 35.0 Å². The van der Waals surface area contributed by atoms with Crippen molar-refractivity contribution in [1.82, 2.24) is 15.1 Å². The molecule has 1 aliphatic heterocycles. The predicted octanol–water partition coefficient (Wildman–Crippen LogP) is 3.77. The van der Waals surface area contributed by atoms with Gasteiger partial charge in [-0.15, -0.1) is 0 Å². The van der Waals surface area contributed by atoms with Crippen molar-refractivity contribution in [3.63, 3.8) is 0 Å². The molecule has 0 aliphatic carbocycles. The maximum Gasteiger partial charge on any atom is 0.270 e. The number of carbonyl (C=O) groups excluding carboxylic acids is 3. The monoisotopic (exact) mass is 474 g/mol. The summed E-state index contributed by atoms with van der Waals surface area (Å²) in [5.74, 6) is -0.767. The summed E-state index contributed by atoms with van der Waals surface area (Å²) in [5, 5.41) is 13.8. The highest BCUT2D eigenvalue weighted by Gasteiger charge is 2.34. The van der Waals surface area contributed by atoms with Gasteiger partial charge >= 0.3 is 0 Å². The smallest absolute Gasteiger partial charge is 0.270 e. The zero-order valence-corrected chi connectivity index (χ0v) is 20.8. The third-order valence-corrected chi connectivity index (χ3v) is 6.29. The number of hydrogen-bond acceptors (Lipinski definition) is 5. The molecule has 0 saturated carbocycles. The Kier molecular flexibility index (Phi) is 10.5. The van der Waals surface area contributed by atoms with Crippen molar-refractivity contribution in [3.05, 3.63) is 39.9 Å². The van der Waals surface area contributed by atoms with Crippen LogP contribution in [0.2, 0.25) is 0 Å². The van der Waals surface area contributed by atoms with Gasteiger partial charge in [-0.1, -0.05) is 52.5 Å². The largest absolute Gasteiger partial charge is 0.340 e. The summed E-state index contributed by atoms with van der Waals surface area (Å²) < 4.78 is 0. The quantitative estimate of drug-likeness (QED) is 0.298. The van der Waals surface area contributed by atoms with Gasteiger partial charge in [-0.25, -0.2) is 0 Å². The zero-order valence-electron chi connectivity index (χ0n) is 20.8. The average Bonchev–Trinajstić information content (AvgIpc) is 2.81. The van der Waals surface area contributed by atoms with Crippen LogP contribution < -0.4 is 5.32 Å². The van der Waals surface area contributed by atoms with Gasteiger partial charge in [0, 0.05) is 49.8 Å². The zero-order chi connectivity index (χ0) is 25.3. The molecule has 34 heavy (non-hydrogen) atoms. The fourth-order valence-electron chi connectivity index (χ4n) is 4.25. The number of rotatable bonds is 11. The topological polar surface area (TPSA) is 113 Å². The van der Waals surface area contributed by atoms with Crippen LogP contribution in [-0.2, 0) is 9.59 Å². The fourth-order valence-corrected chi connectivity index (χ4v) is 4.25. The third-order valence-electron chi connectivity index (χ3n) is 6.29. The molecule has 188 valence electrons.